The van der Waals surface area contributed by atoms with Crippen molar-refractivity contribution in [1.29, 1.82) is 0 Å². The number of fused-ring (bicyclic) bond motifs is 1. The molecule has 0 radical (unpaired) electrons. The van der Waals surface area contributed by atoms with Gasteiger partial charge in [-0.05, 0) is 41.7 Å². The van der Waals surface area contributed by atoms with Crippen molar-refractivity contribution in [3.63, 3.8) is 0 Å². The minimum Gasteiger partial charge on any atom is -0.377 e. The Bertz CT molecular complexity index is 973. The summed E-state index contributed by atoms with van der Waals surface area (Å²) in [7, 11) is 4.08. The highest BCUT2D eigenvalue weighted by Crippen LogP contribution is 2.31. The molecule has 1 aliphatic heterocycles. The van der Waals surface area contributed by atoms with Gasteiger partial charge >= 0.3 is 0 Å². The average molecular weight is 348 g/mol. The van der Waals surface area contributed by atoms with Gasteiger partial charge in [-0.25, -0.2) is 9.97 Å². The normalized spacial score (nSPS) is 14.5. The first-order chi connectivity index (χ1) is 12.7. The van der Waals surface area contributed by atoms with Crippen molar-refractivity contribution in [1.82, 2.24) is 14.5 Å². The Balaban J connectivity index is 1.71. The third-order valence-electron chi connectivity index (χ3n) is 5.10. The number of imidazole rings is 1. The van der Waals surface area contributed by atoms with Crippen molar-refractivity contribution in [2.24, 2.45) is 7.05 Å². The molecule has 0 atom stereocenters. The van der Waals surface area contributed by atoms with E-state index in [-0.39, 0.29) is 0 Å². The molecule has 0 aliphatic carbocycles. The fourth-order valence-corrected chi connectivity index (χ4v) is 3.51. The summed E-state index contributed by atoms with van der Waals surface area (Å²) in [6, 6.07) is 8.83. The monoisotopic (exact) mass is 348 g/mol. The Hall–Kier alpha value is -2.66. The molecule has 3 heterocycles. The zero-order chi connectivity index (χ0) is 18.1. The van der Waals surface area contributed by atoms with E-state index in [1.54, 1.807) is 0 Å². The fourth-order valence-electron chi connectivity index (χ4n) is 3.51. The van der Waals surface area contributed by atoms with Crippen molar-refractivity contribution >= 4 is 28.1 Å². The predicted molar refractivity (Wildman–Crippen MR) is 106 cm³/mol. The van der Waals surface area contributed by atoms with Crippen LogP contribution in [0.2, 0.25) is 0 Å². The van der Waals surface area contributed by atoms with Crippen LogP contribution in [0.1, 0.15) is 24.5 Å². The number of anilines is 2. The maximum Gasteiger partial charge on any atom is 0.134 e. The molecular weight excluding hydrogens is 324 g/mol. The van der Waals surface area contributed by atoms with E-state index in [4.69, 9.17) is 4.74 Å². The van der Waals surface area contributed by atoms with E-state index >= 15 is 0 Å². The van der Waals surface area contributed by atoms with Crippen LogP contribution in [0.5, 0.6) is 0 Å². The minimum atomic E-state index is 0.715. The molecule has 4 rings (SSSR count). The van der Waals surface area contributed by atoms with E-state index in [0.29, 0.717) is 6.61 Å². The maximum atomic E-state index is 5.44. The fraction of sp³-hybridized carbons (Fsp3) is 0.333. The van der Waals surface area contributed by atoms with Gasteiger partial charge in [-0.3, -0.25) is 0 Å². The average Bonchev–Trinajstić information content (AvgIpc) is 3.08. The van der Waals surface area contributed by atoms with Gasteiger partial charge in [0.1, 0.15) is 11.3 Å². The number of ether oxygens (including phenoxy) is 1. The van der Waals surface area contributed by atoms with E-state index in [1.807, 2.05) is 24.1 Å². The van der Waals surface area contributed by atoms with Crippen molar-refractivity contribution in [3.05, 3.63) is 54.0 Å². The van der Waals surface area contributed by atoms with Gasteiger partial charge in [-0.15, -0.1) is 0 Å². The number of rotatable bonds is 4. The quantitative estimate of drug-likeness (QED) is 0.712. The van der Waals surface area contributed by atoms with Gasteiger partial charge in [-0.2, -0.15) is 0 Å². The number of hydrogen-bond acceptors (Lipinski definition) is 4. The van der Waals surface area contributed by atoms with Gasteiger partial charge in [-0.1, -0.05) is 19.1 Å². The number of pyridine rings is 1. The number of aryl methyl sites for hydroxylation is 2. The lowest BCUT2D eigenvalue weighted by molar-refractivity contribution is 0.161. The molecule has 5 heteroatoms. The molecular formula is C21H24N4O. The van der Waals surface area contributed by atoms with Crippen LogP contribution in [0.4, 0.5) is 11.5 Å². The molecule has 0 amide bonds. The lowest BCUT2D eigenvalue weighted by atomic mass is 9.97. The van der Waals surface area contributed by atoms with Gasteiger partial charge in [0.2, 0.25) is 0 Å². The molecule has 0 fully saturated rings. The lowest BCUT2D eigenvalue weighted by Gasteiger charge is -2.23. The molecule has 0 spiro atoms. The number of nitrogens with zero attached hydrogens (tertiary/aromatic N) is 4. The molecule has 3 aromatic rings. The Kier molecular flexibility index (Phi) is 4.47. The molecule has 2 aromatic heterocycles. The zero-order valence-corrected chi connectivity index (χ0v) is 15.6. The second kappa shape index (κ2) is 6.92. The van der Waals surface area contributed by atoms with Gasteiger partial charge in [0.05, 0.1) is 31.3 Å². The van der Waals surface area contributed by atoms with Gasteiger partial charge in [0, 0.05) is 25.8 Å². The smallest absolute Gasteiger partial charge is 0.134 e. The van der Waals surface area contributed by atoms with Crippen molar-refractivity contribution in [2.45, 2.75) is 19.8 Å². The second-order valence-corrected chi connectivity index (χ2v) is 6.70. The van der Waals surface area contributed by atoms with E-state index in [1.165, 1.54) is 22.4 Å². The third-order valence-corrected chi connectivity index (χ3v) is 5.10. The van der Waals surface area contributed by atoms with Crippen LogP contribution >= 0.6 is 0 Å². The Morgan fingerprint density at radius 1 is 1.23 bits per heavy atom. The van der Waals surface area contributed by atoms with E-state index in [2.05, 4.69) is 59.2 Å². The number of aromatic nitrogens is 3. The highest BCUT2D eigenvalue weighted by atomic mass is 16.5. The summed E-state index contributed by atoms with van der Waals surface area (Å²) < 4.78 is 7.46. The lowest BCUT2D eigenvalue weighted by Crippen LogP contribution is -2.13. The summed E-state index contributed by atoms with van der Waals surface area (Å²) in [5.74, 6) is 0.925. The third kappa shape index (κ3) is 2.99. The van der Waals surface area contributed by atoms with Crippen LogP contribution in [0.15, 0.2) is 42.9 Å². The van der Waals surface area contributed by atoms with E-state index in [9.17, 15) is 0 Å². The maximum absolute atomic E-state index is 5.44. The van der Waals surface area contributed by atoms with Crippen molar-refractivity contribution in [2.75, 3.05) is 25.2 Å². The van der Waals surface area contributed by atoms with Crippen LogP contribution in [0.25, 0.3) is 16.6 Å². The first-order valence-electron chi connectivity index (χ1n) is 9.08. The van der Waals surface area contributed by atoms with Gasteiger partial charge in [0.15, 0.2) is 0 Å². The first kappa shape index (κ1) is 16.8. The van der Waals surface area contributed by atoms with Crippen molar-refractivity contribution in [3.8, 4) is 0 Å². The van der Waals surface area contributed by atoms with E-state index in [0.717, 1.165) is 36.3 Å². The van der Waals surface area contributed by atoms with Gasteiger partial charge < -0.3 is 14.2 Å². The molecule has 1 aromatic carbocycles. The minimum absolute atomic E-state index is 0.715. The second-order valence-electron chi connectivity index (χ2n) is 6.70. The topological polar surface area (TPSA) is 43.2 Å². The van der Waals surface area contributed by atoms with Crippen molar-refractivity contribution < 1.29 is 4.74 Å². The molecule has 0 saturated heterocycles. The first-order valence-corrected chi connectivity index (χ1v) is 9.08. The molecule has 0 N–H and O–H groups in total. The summed E-state index contributed by atoms with van der Waals surface area (Å²) in [6.45, 7) is 3.73. The summed E-state index contributed by atoms with van der Waals surface area (Å²) in [4.78, 5) is 11.1. The largest absolute Gasteiger partial charge is 0.377 e. The Labute approximate surface area is 153 Å². The SMILES string of the molecule is CCc1cc(C2=CCOCC2)ccc1N(C)c1cc2c(cn1)ncn2C. The summed E-state index contributed by atoms with van der Waals surface area (Å²) in [5, 5.41) is 0. The van der Waals surface area contributed by atoms with Crippen LogP contribution in [-0.2, 0) is 18.2 Å². The number of benzene rings is 1. The zero-order valence-electron chi connectivity index (χ0n) is 15.6. The predicted octanol–water partition coefficient (Wildman–Crippen LogP) is 4.10. The molecule has 134 valence electrons. The standard InChI is InChI=1S/C21H24N4O/c1-4-15-11-17(16-7-9-26-10-8-16)5-6-19(15)25(3)21-12-20-18(13-22-21)23-14-24(20)2/h5-7,11-14H,4,8-10H2,1-3H3. The summed E-state index contributed by atoms with van der Waals surface area (Å²) in [5.41, 5.74) is 7.21. The summed E-state index contributed by atoms with van der Waals surface area (Å²) >= 11 is 0. The number of hydrogen-bond donors (Lipinski definition) is 0. The molecule has 0 unspecified atom stereocenters. The van der Waals surface area contributed by atoms with Crippen LogP contribution in [0.3, 0.4) is 0 Å². The van der Waals surface area contributed by atoms with Crippen LogP contribution in [0, 0.1) is 0 Å². The highest BCUT2D eigenvalue weighted by molar-refractivity contribution is 5.79. The highest BCUT2D eigenvalue weighted by Gasteiger charge is 2.14. The molecule has 0 saturated carbocycles. The molecule has 26 heavy (non-hydrogen) atoms. The molecule has 0 bridgehead atoms. The molecule has 5 nitrogen and oxygen atoms in total. The van der Waals surface area contributed by atoms with Crippen LogP contribution < -0.4 is 4.90 Å². The summed E-state index contributed by atoms with van der Waals surface area (Å²) in [6.07, 6.45) is 7.82. The van der Waals surface area contributed by atoms with E-state index < -0.39 is 0 Å². The van der Waals surface area contributed by atoms with Crippen LogP contribution in [-0.4, -0.2) is 34.8 Å². The Morgan fingerprint density at radius 2 is 2.12 bits per heavy atom. The van der Waals surface area contributed by atoms with Gasteiger partial charge in [0.25, 0.3) is 0 Å². The Morgan fingerprint density at radius 3 is 2.88 bits per heavy atom. The molecule has 1 aliphatic rings.